The van der Waals surface area contributed by atoms with Crippen LogP contribution < -0.4 is 10.6 Å². The maximum Gasteiger partial charge on any atom is 0.270 e. The van der Waals surface area contributed by atoms with Crippen molar-refractivity contribution in [3.05, 3.63) is 11.8 Å². The van der Waals surface area contributed by atoms with Crippen LogP contribution >= 0.6 is 0 Å². The van der Waals surface area contributed by atoms with Gasteiger partial charge in [-0.3, -0.25) is 5.10 Å². The number of rotatable bonds is 4. The van der Waals surface area contributed by atoms with E-state index < -0.39 is 10.0 Å². The van der Waals surface area contributed by atoms with E-state index in [1.54, 1.807) is 5.01 Å². The highest BCUT2D eigenvalue weighted by Crippen LogP contribution is 2.13. The van der Waals surface area contributed by atoms with Crippen molar-refractivity contribution in [2.75, 3.05) is 13.1 Å². The molecule has 0 aromatic carbocycles. The second kappa shape index (κ2) is 5.13. The molecule has 1 aromatic heterocycles. The summed E-state index contributed by atoms with van der Waals surface area (Å²) < 4.78 is 24.1. The van der Waals surface area contributed by atoms with Gasteiger partial charge >= 0.3 is 0 Å². The topological polar surface area (TPSA) is 104 Å². The SMILES string of the molecule is NCc1cn[nH]c1S(=O)(=O)NN1CCCCC1. The fraction of sp³-hybridized carbons (Fsp3) is 0.667. The molecular formula is C9H17N5O2S. The Morgan fingerprint density at radius 1 is 1.41 bits per heavy atom. The minimum atomic E-state index is -3.58. The molecule has 1 saturated heterocycles. The minimum absolute atomic E-state index is 0.0607. The third-order valence-corrected chi connectivity index (χ3v) is 4.16. The van der Waals surface area contributed by atoms with Gasteiger partial charge in [0.05, 0.1) is 6.20 Å². The molecule has 0 amide bonds. The molecule has 4 N–H and O–H groups in total. The molecule has 8 heteroatoms. The first-order chi connectivity index (χ1) is 8.13. The molecule has 7 nitrogen and oxygen atoms in total. The summed E-state index contributed by atoms with van der Waals surface area (Å²) in [6, 6.07) is 0. The molecule has 1 aliphatic rings. The van der Waals surface area contributed by atoms with Gasteiger partial charge in [-0.05, 0) is 12.8 Å². The van der Waals surface area contributed by atoms with E-state index in [4.69, 9.17) is 5.73 Å². The number of hydrogen-bond donors (Lipinski definition) is 3. The fourth-order valence-corrected chi connectivity index (χ4v) is 3.15. The number of nitrogens with zero attached hydrogens (tertiary/aromatic N) is 2. The van der Waals surface area contributed by atoms with Gasteiger partial charge in [0.1, 0.15) is 0 Å². The van der Waals surface area contributed by atoms with E-state index in [0.717, 1.165) is 32.4 Å². The van der Waals surface area contributed by atoms with Gasteiger partial charge in [0.25, 0.3) is 10.0 Å². The van der Waals surface area contributed by atoms with Gasteiger partial charge in [0.15, 0.2) is 5.03 Å². The summed E-state index contributed by atoms with van der Waals surface area (Å²) in [7, 11) is -3.58. The Labute approximate surface area is 100 Å². The molecule has 0 saturated carbocycles. The largest absolute Gasteiger partial charge is 0.326 e. The summed E-state index contributed by atoms with van der Waals surface area (Å²) in [6.45, 7) is 1.63. The van der Waals surface area contributed by atoms with Crippen molar-refractivity contribution in [1.29, 1.82) is 0 Å². The van der Waals surface area contributed by atoms with Gasteiger partial charge in [-0.2, -0.15) is 5.10 Å². The summed E-state index contributed by atoms with van der Waals surface area (Å²) in [5.74, 6) is 0. The van der Waals surface area contributed by atoms with Crippen LogP contribution in [0, 0.1) is 0 Å². The molecule has 1 aliphatic heterocycles. The van der Waals surface area contributed by atoms with Crippen LogP contribution in [0.2, 0.25) is 0 Å². The summed E-state index contributed by atoms with van der Waals surface area (Å²) in [6.07, 6.45) is 4.60. The first kappa shape index (κ1) is 12.5. The second-order valence-corrected chi connectivity index (χ2v) is 5.67. The van der Waals surface area contributed by atoms with E-state index in [1.165, 1.54) is 6.20 Å². The third-order valence-electron chi connectivity index (χ3n) is 2.77. The number of piperidine rings is 1. The summed E-state index contributed by atoms with van der Waals surface area (Å²) in [5.41, 5.74) is 5.95. The quantitative estimate of drug-likeness (QED) is 0.679. The highest BCUT2D eigenvalue weighted by Gasteiger charge is 2.23. The van der Waals surface area contributed by atoms with Crippen molar-refractivity contribution in [3.63, 3.8) is 0 Å². The van der Waals surface area contributed by atoms with Crippen LogP contribution in [0.1, 0.15) is 24.8 Å². The highest BCUT2D eigenvalue weighted by atomic mass is 32.2. The molecule has 96 valence electrons. The molecular weight excluding hydrogens is 242 g/mol. The Kier molecular flexibility index (Phi) is 3.77. The lowest BCUT2D eigenvalue weighted by Crippen LogP contribution is -2.45. The smallest absolute Gasteiger partial charge is 0.270 e. The van der Waals surface area contributed by atoms with Crippen molar-refractivity contribution in [2.45, 2.75) is 30.8 Å². The summed E-state index contributed by atoms with van der Waals surface area (Å²) in [5, 5.41) is 7.97. The zero-order valence-electron chi connectivity index (χ0n) is 9.52. The van der Waals surface area contributed by atoms with Crippen LogP contribution in [0.5, 0.6) is 0 Å². The number of nitrogens with one attached hydrogen (secondary N) is 2. The number of nitrogens with two attached hydrogens (primary N) is 1. The van der Waals surface area contributed by atoms with Crippen LogP contribution in [0.3, 0.4) is 0 Å². The fourth-order valence-electron chi connectivity index (χ4n) is 1.88. The van der Waals surface area contributed by atoms with Crippen molar-refractivity contribution in [1.82, 2.24) is 20.0 Å². The molecule has 0 atom stereocenters. The molecule has 1 fully saturated rings. The van der Waals surface area contributed by atoms with E-state index in [9.17, 15) is 8.42 Å². The number of sulfonamides is 1. The summed E-state index contributed by atoms with van der Waals surface area (Å²) in [4.78, 5) is 2.55. The number of aromatic nitrogens is 2. The number of aromatic amines is 1. The zero-order chi connectivity index (χ0) is 12.3. The lowest BCUT2D eigenvalue weighted by atomic mass is 10.2. The van der Waals surface area contributed by atoms with Crippen LogP contribution in [0.15, 0.2) is 11.2 Å². The van der Waals surface area contributed by atoms with E-state index in [0.29, 0.717) is 5.56 Å². The van der Waals surface area contributed by atoms with Crippen molar-refractivity contribution in [2.24, 2.45) is 5.73 Å². The summed E-state index contributed by atoms with van der Waals surface area (Å²) >= 11 is 0. The highest BCUT2D eigenvalue weighted by molar-refractivity contribution is 7.89. The minimum Gasteiger partial charge on any atom is -0.326 e. The molecule has 2 rings (SSSR count). The van der Waals surface area contributed by atoms with Gasteiger partial charge in [0, 0.05) is 25.2 Å². The van der Waals surface area contributed by atoms with Crippen LogP contribution in [-0.2, 0) is 16.6 Å². The zero-order valence-corrected chi connectivity index (χ0v) is 10.3. The second-order valence-electron chi connectivity index (χ2n) is 4.07. The van der Waals surface area contributed by atoms with Crippen LogP contribution in [0.25, 0.3) is 0 Å². The monoisotopic (exact) mass is 259 g/mol. The Morgan fingerprint density at radius 2 is 2.12 bits per heavy atom. The van der Waals surface area contributed by atoms with E-state index in [1.807, 2.05) is 0 Å². The number of H-pyrrole nitrogens is 1. The molecule has 1 aromatic rings. The third kappa shape index (κ3) is 2.83. The van der Waals surface area contributed by atoms with Gasteiger partial charge in [0.2, 0.25) is 0 Å². The lowest BCUT2D eigenvalue weighted by Gasteiger charge is -2.26. The molecule has 0 aliphatic carbocycles. The lowest BCUT2D eigenvalue weighted by molar-refractivity contribution is 0.199. The number of hydrazine groups is 1. The molecule has 2 heterocycles. The van der Waals surface area contributed by atoms with Gasteiger partial charge in [-0.1, -0.05) is 6.42 Å². The molecule has 0 spiro atoms. The van der Waals surface area contributed by atoms with Gasteiger partial charge in [-0.15, -0.1) is 4.83 Å². The standard InChI is InChI=1S/C9H17N5O2S/c10-6-8-7-11-12-9(8)17(15,16)13-14-4-2-1-3-5-14/h7,13H,1-6,10H2,(H,11,12). The van der Waals surface area contributed by atoms with Gasteiger partial charge in [-0.25, -0.2) is 13.4 Å². The molecule has 0 radical (unpaired) electrons. The maximum absolute atomic E-state index is 12.1. The van der Waals surface area contributed by atoms with Gasteiger partial charge < -0.3 is 5.73 Å². The predicted octanol–water partition coefficient (Wildman–Crippen LogP) is -0.452. The Bertz CT molecular complexity index is 463. The molecule has 17 heavy (non-hydrogen) atoms. The predicted molar refractivity (Wildman–Crippen MR) is 62.2 cm³/mol. The van der Waals surface area contributed by atoms with Crippen molar-refractivity contribution in [3.8, 4) is 0 Å². The average Bonchev–Trinajstić information content (AvgIpc) is 2.78. The average molecular weight is 259 g/mol. The van der Waals surface area contributed by atoms with E-state index in [-0.39, 0.29) is 11.6 Å². The first-order valence-electron chi connectivity index (χ1n) is 5.63. The maximum atomic E-state index is 12.1. The van der Waals surface area contributed by atoms with E-state index >= 15 is 0 Å². The Morgan fingerprint density at radius 3 is 2.76 bits per heavy atom. The normalized spacial score (nSPS) is 18.4. The van der Waals surface area contributed by atoms with Crippen molar-refractivity contribution >= 4 is 10.0 Å². The number of hydrogen-bond acceptors (Lipinski definition) is 5. The molecule has 0 unspecified atom stereocenters. The molecule has 0 bridgehead atoms. The van der Waals surface area contributed by atoms with Crippen LogP contribution in [0.4, 0.5) is 0 Å². The Balaban J connectivity index is 2.13. The van der Waals surface area contributed by atoms with E-state index in [2.05, 4.69) is 15.0 Å². The van der Waals surface area contributed by atoms with Crippen molar-refractivity contribution < 1.29 is 8.42 Å². The first-order valence-corrected chi connectivity index (χ1v) is 7.11. The van der Waals surface area contributed by atoms with Crippen LogP contribution in [-0.4, -0.2) is 36.7 Å². The Hall–Kier alpha value is -0.960.